The molecule has 0 radical (unpaired) electrons. The molecule has 5 nitrogen and oxygen atoms in total. The van der Waals surface area contributed by atoms with Crippen LogP contribution in [0.25, 0.3) is 10.8 Å². The Balaban J connectivity index is 1.90. The van der Waals surface area contributed by atoms with Gasteiger partial charge < -0.3 is 14.6 Å². The molecular formula is C19H17NO4. The molecule has 0 unspecified atom stereocenters. The second kappa shape index (κ2) is 6.58. The number of aromatic hydroxyl groups is 1. The first-order chi connectivity index (χ1) is 11.6. The van der Waals surface area contributed by atoms with Gasteiger partial charge in [0.1, 0.15) is 23.2 Å². The minimum absolute atomic E-state index is 0.111. The summed E-state index contributed by atoms with van der Waals surface area (Å²) in [5.74, 6) is -0.0150. The highest BCUT2D eigenvalue weighted by Gasteiger charge is 2.18. The van der Waals surface area contributed by atoms with Gasteiger partial charge in [0, 0.05) is 12.4 Å². The molecule has 122 valence electrons. The monoisotopic (exact) mass is 323 g/mol. The lowest BCUT2D eigenvalue weighted by Gasteiger charge is -2.14. The van der Waals surface area contributed by atoms with E-state index in [1.54, 1.807) is 62.8 Å². The van der Waals surface area contributed by atoms with Crippen molar-refractivity contribution in [3.05, 3.63) is 66.0 Å². The number of esters is 1. The van der Waals surface area contributed by atoms with Gasteiger partial charge in [0.25, 0.3) is 0 Å². The molecule has 0 saturated carbocycles. The second-order valence-corrected chi connectivity index (χ2v) is 5.41. The third-order valence-electron chi connectivity index (χ3n) is 3.84. The number of hydrogen-bond acceptors (Lipinski definition) is 5. The lowest BCUT2D eigenvalue weighted by atomic mass is 10.1. The predicted molar refractivity (Wildman–Crippen MR) is 90.2 cm³/mol. The Kier molecular flexibility index (Phi) is 4.33. The molecule has 3 rings (SSSR count). The van der Waals surface area contributed by atoms with Crippen molar-refractivity contribution in [2.45, 2.75) is 13.0 Å². The van der Waals surface area contributed by atoms with Crippen molar-refractivity contribution in [1.82, 2.24) is 4.98 Å². The molecule has 0 spiro atoms. The molecule has 0 aliphatic heterocycles. The van der Waals surface area contributed by atoms with Crippen molar-refractivity contribution in [3.8, 4) is 11.5 Å². The molecule has 0 aliphatic carbocycles. The molecule has 3 aromatic rings. The first kappa shape index (κ1) is 15.8. The lowest BCUT2D eigenvalue weighted by Crippen LogP contribution is -2.09. The summed E-state index contributed by atoms with van der Waals surface area (Å²) in [4.78, 5) is 16.4. The quantitative estimate of drug-likeness (QED) is 0.738. The number of ether oxygens (including phenoxy) is 2. The minimum atomic E-state index is -0.582. The van der Waals surface area contributed by atoms with E-state index in [1.165, 1.54) is 0 Å². The minimum Gasteiger partial charge on any atom is -0.507 e. The van der Waals surface area contributed by atoms with Crippen molar-refractivity contribution >= 4 is 16.7 Å². The molecule has 1 heterocycles. The smallest absolute Gasteiger partial charge is 0.342 e. The van der Waals surface area contributed by atoms with Gasteiger partial charge in [-0.05, 0) is 59.7 Å². The van der Waals surface area contributed by atoms with Gasteiger partial charge in [-0.25, -0.2) is 4.79 Å². The molecule has 1 aromatic heterocycles. The summed E-state index contributed by atoms with van der Waals surface area (Å²) < 4.78 is 10.6. The van der Waals surface area contributed by atoms with Crippen molar-refractivity contribution in [3.63, 3.8) is 0 Å². The van der Waals surface area contributed by atoms with E-state index in [1.807, 2.05) is 6.07 Å². The Bertz CT molecular complexity index is 877. The van der Waals surface area contributed by atoms with Gasteiger partial charge in [-0.3, -0.25) is 4.98 Å². The Morgan fingerprint density at radius 1 is 1.08 bits per heavy atom. The standard InChI is InChI=1S/C19H17NO4/c1-12(13-5-7-20-8-6-13)24-19(22)17-10-15-9-16(23-2)4-3-14(15)11-18(17)21/h3-12,21H,1-2H3/t12-/m1/s1. The maximum absolute atomic E-state index is 12.4. The molecule has 0 amide bonds. The highest BCUT2D eigenvalue weighted by atomic mass is 16.5. The van der Waals surface area contributed by atoms with Crippen LogP contribution in [0.3, 0.4) is 0 Å². The van der Waals surface area contributed by atoms with E-state index in [2.05, 4.69) is 4.98 Å². The number of aromatic nitrogens is 1. The largest absolute Gasteiger partial charge is 0.507 e. The predicted octanol–water partition coefficient (Wildman–Crippen LogP) is 3.87. The fourth-order valence-corrected chi connectivity index (χ4v) is 2.48. The summed E-state index contributed by atoms with van der Waals surface area (Å²) in [6.45, 7) is 1.77. The molecule has 0 bridgehead atoms. The number of methoxy groups -OCH3 is 1. The van der Waals surface area contributed by atoms with Crippen LogP contribution in [0, 0.1) is 0 Å². The highest BCUT2D eigenvalue weighted by molar-refractivity contribution is 5.99. The van der Waals surface area contributed by atoms with Crippen LogP contribution in [0.15, 0.2) is 54.9 Å². The van der Waals surface area contributed by atoms with E-state index in [-0.39, 0.29) is 11.3 Å². The average molecular weight is 323 g/mol. The summed E-state index contributed by atoms with van der Waals surface area (Å²) in [6.07, 6.45) is 2.83. The molecule has 24 heavy (non-hydrogen) atoms. The molecule has 1 atom stereocenters. The first-order valence-corrected chi connectivity index (χ1v) is 7.50. The molecule has 5 heteroatoms. The van der Waals surface area contributed by atoms with Crippen LogP contribution in [0.4, 0.5) is 0 Å². The van der Waals surface area contributed by atoms with E-state index in [0.717, 1.165) is 16.3 Å². The van der Waals surface area contributed by atoms with Crippen LogP contribution in [0.2, 0.25) is 0 Å². The molecule has 0 saturated heterocycles. The van der Waals surface area contributed by atoms with Crippen LogP contribution in [0.5, 0.6) is 11.5 Å². The normalized spacial score (nSPS) is 11.9. The number of fused-ring (bicyclic) bond motifs is 1. The van der Waals surface area contributed by atoms with Crippen LogP contribution >= 0.6 is 0 Å². The van der Waals surface area contributed by atoms with Gasteiger partial charge in [-0.15, -0.1) is 0 Å². The third-order valence-corrected chi connectivity index (χ3v) is 3.84. The number of phenols is 1. The van der Waals surface area contributed by atoms with Gasteiger partial charge in [0.05, 0.1) is 7.11 Å². The molecule has 1 N–H and O–H groups in total. The van der Waals surface area contributed by atoms with Gasteiger partial charge in [-0.2, -0.15) is 0 Å². The number of pyridine rings is 1. The summed E-state index contributed by atoms with van der Waals surface area (Å²) in [5, 5.41) is 11.7. The van der Waals surface area contributed by atoms with Crippen LogP contribution in [-0.4, -0.2) is 23.2 Å². The first-order valence-electron chi connectivity index (χ1n) is 7.50. The number of nitrogens with zero attached hydrogens (tertiary/aromatic N) is 1. The van der Waals surface area contributed by atoms with Crippen molar-refractivity contribution in [1.29, 1.82) is 0 Å². The fraction of sp³-hybridized carbons (Fsp3) is 0.158. The van der Waals surface area contributed by atoms with Gasteiger partial charge in [-0.1, -0.05) is 6.07 Å². The number of hydrogen-bond donors (Lipinski definition) is 1. The van der Waals surface area contributed by atoms with Crippen LogP contribution < -0.4 is 4.74 Å². The number of phenolic OH excluding ortho intramolecular Hbond substituents is 1. The Labute approximate surface area is 139 Å². The lowest BCUT2D eigenvalue weighted by molar-refractivity contribution is 0.0334. The zero-order valence-corrected chi connectivity index (χ0v) is 13.4. The van der Waals surface area contributed by atoms with E-state index >= 15 is 0 Å². The molecule has 0 aliphatic rings. The molecular weight excluding hydrogens is 306 g/mol. The summed E-state index contributed by atoms with van der Waals surface area (Å²) in [7, 11) is 1.58. The molecule has 0 fully saturated rings. The maximum atomic E-state index is 12.4. The third kappa shape index (κ3) is 3.15. The SMILES string of the molecule is COc1ccc2cc(O)c(C(=O)O[C@H](C)c3ccncc3)cc2c1. The zero-order chi connectivity index (χ0) is 17.1. The topological polar surface area (TPSA) is 68.7 Å². The van der Waals surface area contributed by atoms with Crippen molar-refractivity contribution in [2.24, 2.45) is 0 Å². The Morgan fingerprint density at radius 2 is 1.83 bits per heavy atom. The fourth-order valence-electron chi connectivity index (χ4n) is 2.48. The van der Waals surface area contributed by atoms with Gasteiger partial charge >= 0.3 is 5.97 Å². The number of rotatable bonds is 4. The number of carbonyl (C=O) groups excluding carboxylic acids is 1. The second-order valence-electron chi connectivity index (χ2n) is 5.41. The van der Waals surface area contributed by atoms with E-state index in [0.29, 0.717) is 5.75 Å². The van der Waals surface area contributed by atoms with Crippen LogP contribution in [-0.2, 0) is 4.74 Å². The van der Waals surface area contributed by atoms with Crippen LogP contribution in [0.1, 0.15) is 28.9 Å². The van der Waals surface area contributed by atoms with Crippen molar-refractivity contribution < 1.29 is 19.4 Å². The summed E-state index contributed by atoms with van der Waals surface area (Å²) in [5.41, 5.74) is 0.956. The van der Waals surface area contributed by atoms with Crippen molar-refractivity contribution in [2.75, 3.05) is 7.11 Å². The highest BCUT2D eigenvalue weighted by Crippen LogP contribution is 2.29. The van der Waals surface area contributed by atoms with Gasteiger partial charge in [0.15, 0.2) is 0 Å². The maximum Gasteiger partial charge on any atom is 0.342 e. The number of benzene rings is 2. The Hall–Kier alpha value is -3.08. The zero-order valence-electron chi connectivity index (χ0n) is 13.4. The van der Waals surface area contributed by atoms with Gasteiger partial charge in [0.2, 0.25) is 0 Å². The van der Waals surface area contributed by atoms with E-state index in [9.17, 15) is 9.90 Å². The average Bonchev–Trinajstić information content (AvgIpc) is 2.61. The summed E-state index contributed by atoms with van der Waals surface area (Å²) in [6, 6.07) is 12.1. The summed E-state index contributed by atoms with van der Waals surface area (Å²) >= 11 is 0. The Morgan fingerprint density at radius 3 is 2.54 bits per heavy atom. The van der Waals surface area contributed by atoms with E-state index in [4.69, 9.17) is 9.47 Å². The molecule has 2 aromatic carbocycles. The van der Waals surface area contributed by atoms with E-state index < -0.39 is 12.1 Å². The number of carbonyl (C=O) groups is 1.